The highest BCUT2D eigenvalue weighted by molar-refractivity contribution is 7.14. The second-order valence-electron chi connectivity index (χ2n) is 11.5. The van der Waals surface area contributed by atoms with Gasteiger partial charge in [-0.15, -0.1) is 22.9 Å². The summed E-state index contributed by atoms with van der Waals surface area (Å²) in [5, 5.41) is 22.1. The molecule has 3 rings (SSSR count). The molecule has 1 aromatic carbocycles. The molecule has 17 nitrogen and oxygen atoms in total. The van der Waals surface area contributed by atoms with E-state index >= 15 is 0 Å². The normalized spacial score (nSPS) is 16.5. The summed E-state index contributed by atoms with van der Waals surface area (Å²) in [5.41, 5.74) is -2.66. The number of carbonyl (C=O) groups is 5. The average Bonchev–Trinajstić information content (AvgIpc) is 3.45. The number of amides is 3. The number of hydrogen-bond donors (Lipinski definition) is 2. The molecule has 1 saturated heterocycles. The monoisotopic (exact) mass is 696 g/mol. The molecule has 0 saturated carbocycles. The lowest BCUT2D eigenvalue weighted by Gasteiger charge is -2.43. The predicted molar refractivity (Wildman–Crippen MR) is 166 cm³/mol. The number of halogens is 1. The molecule has 1 fully saturated rings. The molecule has 0 unspecified atom stereocenters. The van der Waals surface area contributed by atoms with Crippen LogP contribution in [0.25, 0.3) is 0 Å². The van der Waals surface area contributed by atoms with Gasteiger partial charge in [0.05, 0.1) is 11.0 Å². The fourth-order valence-electron chi connectivity index (χ4n) is 3.69. The molecule has 1 aliphatic rings. The molecule has 0 radical (unpaired) electrons. The zero-order valence-corrected chi connectivity index (χ0v) is 27.8. The quantitative estimate of drug-likeness (QED) is 0.0727. The maximum atomic E-state index is 13.4. The Hall–Kier alpha value is -4.68. The molecule has 0 bridgehead atoms. The number of nitrogens with one attached hydrogen (secondary N) is 2. The number of ether oxygens (including phenoxy) is 2. The van der Waals surface area contributed by atoms with E-state index in [4.69, 9.17) is 30.7 Å². The van der Waals surface area contributed by atoms with E-state index in [2.05, 4.69) is 20.8 Å². The van der Waals surface area contributed by atoms with Crippen LogP contribution in [0.15, 0.2) is 34.8 Å². The third-order valence-electron chi connectivity index (χ3n) is 6.07. The van der Waals surface area contributed by atoms with Crippen LogP contribution in [0.4, 0.5) is 10.8 Å². The van der Waals surface area contributed by atoms with Gasteiger partial charge in [-0.3, -0.25) is 29.3 Å². The lowest BCUT2D eigenvalue weighted by molar-refractivity contribution is -0.384. The van der Waals surface area contributed by atoms with Crippen LogP contribution in [-0.2, 0) is 49.7 Å². The molecule has 1 aliphatic heterocycles. The number of thiazole rings is 1. The Balaban J connectivity index is 1.72. The average molecular weight is 697 g/mol. The van der Waals surface area contributed by atoms with E-state index in [1.54, 1.807) is 27.7 Å². The van der Waals surface area contributed by atoms with Gasteiger partial charge in [0.1, 0.15) is 29.8 Å². The van der Waals surface area contributed by atoms with E-state index in [1.807, 2.05) is 0 Å². The maximum absolute atomic E-state index is 13.4. The number of nitro benzene ring substituents is 1. The summed E-state index contributed by atoms with van der Waals surface area (Å²) >= 11 is 6.49. The van der Waals surface area contributed by atoms with Gasteiger partial charge in [-0.05, 0) is 59.2 Å². The van der Waals surface area contributed by atoms with Crippen LogP contribution in [0.5, 0.6) is 0 Å². The second-order valence-corrected chi connectivity index (χ2v) is 12.6. The van der Waals surface area contributed by atoms with Crippen molar-refractivity contribution in [2.45, 2.75) is 71.4 Å². The number of non-ortho nitro benzene ring substituents is 1. The number of nitro groups is 1. The standard InChI is InChI=1S/C28H33ClN6O11S/c1-15-21(24(39)34(15)44-13-20(37)45-27(2,3)4)32-23(38)22(18-14-47-26(30-18)31-19(36)11-29)33-46-28(5,6)25(40)43-12-16-7-9-17(10-8-16)35(41)42/h7-10,14-15,21H,11-13H2,1-6H3,(H,32,38)(H,30,31,36)/t15-,21-/m0/s1. The molecule has 2 N–H and O–H groups in total. The number of carbonyl (C=O) groups excluding carboxylic acids is 5. The second kappa shape index (κ2) is 15.3. The van der Waals surface area contributed by atoms with E-state index in [0.717, 1.165) is 16.4 Å². The number of benzene rings is 1. The topological polar surface area (TPSA) is 218 Å². The number of nitrogens with zero attached hydrogens (tertiary/aromatic N) is 4. The summed E-state index contributed by atoms with van der Waals surface area (Å²) in [7, 11) is 0. The van der Waals surface area contributed by atoms with Crippen LogP contribution in [0.1, 0.15) is 52.8 Å². The van der Waals surface area contributed by atoms with Crippen LogP contribution in [0, 0.1) is 10.1 Å². The molecule has 2 heterocycles. The van der Waals surface area contributed by atoms with Gasteiger partial charge in [0.15, 0.2) is 17.5 Å². The molecule has 19 heteroatoms. The van der Waals surface area contributed by atoms with Crippen LogP contribution < -0.4 is 10.6 Å². The highest BCUT2D eigenvalue weighted by Crippen LogP contribution is 2.23. The van der Waals surface area contributed by atoms with Gasteiger partial charge in [0.2, 0.25) is 11.5 Å². The van der Waals surface area contributed by atoms with Crippen molar-refractivity contribution in [3.63, 3.8) is 0 Å². The zero-order valence-electron chi connectivity index (χ0n) is 26.2. The number of aromatic nitrogens is 1. The van der Waals surface area contributed by atoms with E-state index < -0.39 is 70.2 Å². The Labute approximate surface area is 277 Å². The molecule has 254 valence electrons. The summed E-state index contributed by atoms with van der Waals surface area (Å²) in [4.78, 5) is 87.9. The number of alkyl halides is 1. The Morgan fingerprint density at radius 3 is 2.38 bits per heavy atom. The number of hydroxylamine groups is 2. The van der Waals surface area contributed by atoms with Crippen molar-refractivity contribution in [3.8, 4) is 0 Å². The first-order valence-electron chi connectivity index (χ1n) is 13.9. The fourth-order valence-corrected chi connectivity index (χ4v) is 4.47. The van der Waals surface area contributed by atoms with Gasteiger partial charge in [-0.1, -0.05) is 5.16 Å². The summed E-state index contributed by atoms with van der Waals surface area (Å²) in [6, 6.07) is 3.59. The van der Waals surface area contributed by atoms with Crippen LogP contribution in [0.2, 0.25) is 0 Å². The van der Waals surface area contributed by atoms with Crippen molar-refractivity contribution in [3.05, 3.63) is 51.0 Å². The van der Waals surface area contributed by atoms with E-state index in [-0.39, 0.29) is 29.0 Å². The Morgan fingerprint density at radius 1 is 1.15 bits per heavy atom. The predicted octanol–water partition coefficient (Wildman–Crippen LogP) is 2.46. The van der Waals surface area contributed by atoms with Crippen LogP contribution >= 0.6 is 22.9 Å². The Bertz CT molecular complexity index is 1550. The molecular weight excluding hydrogens is 664 g/mol. The smallest absolute Gasteiger partial charge is 0.353 e. The van der Waals surface area contributed by atoms with Crippen molar-refractivity contribution in [1.29, 1.82) is 0 Å². The third-order valence-corrected chi connectivity index (χ3v) is 7.07. The largest absolute Gasteiger partial charge is 0.458 e. The van der Waals surface area contributed by atoms with E-state index in [9.17, 15) is 34.1 Å². The summed E-state index contributed by atoms with van der Waals surface area (Å²) in [6.07, 6.45) is 0. The van der Waals surface area contributed by atoms with Gasteiger partial charge in [-0.2, -0.15) is 0 Å². The number of β-lactam (4-membered cyclic amide) rings is 1. The molecule has 2 atom stereocenters. The Kier molecular flexibility index (Phi) is 12.0. The first-order valence-corrected chi connectivity index (χ1v) is 15.3. The van der Waals surface area contributed by atoms with E-state index in [1.165, 1.54) is 43.5 Å². The molecule has 0 aliphatic carbocycles. The minimum Gasteiger partial charge on any atom is -0.458 e. The molecule has 2 aromatic rings. The van der Waals surface area contributed by atoms with Crippen molar-refractivity contribution in [2.24, 2.45) is 5.16 Å². The molecule has 47 heavy (non-hydrogen) atoms. The lowest BCUT2D eigenvalue weighted by Crippen LogP contribution is -2.70. The van der Waals surface area contributed by atoms with Gasteiger partial charge in [-0.25, -0.2) is 19.6 Å². The molecule has 3 amide bonds. The fraction of sp³-hybridized carbons (Fsp3) is 0.464. The zero-order chi connectivity index (χ0) is 35.1. The summed E-state index contributed by atoms with van der Waals surface area (Å²) in [6.45, 7) is 8.51. The maximum Gasteiger partial charge on any atom is 0.353 e. The number of rotatable bonds is 14. The van der Waals surface area contributed by atoms with E-state index in [0.29, 0.717) is 5.56 Å². The minimum absolute atomic E-state index is 0.0649. The van der Waals surface area contributed by atoms with Gasteiger partial charge >= 0.3 is 11.9 Å². The van der Waals surface area contributed by atoms with Gasteiger partial charge in [0.25, 0.3) is 17.5 Å². The number of hydrogen-bond acceptors (Lipinski definition) is 14. The number of oxime groups is 1. The highest BCUT2D eigenvalue weighted by Gasteiger charge is 2.48. The summed E-state index contributed by atoms with van der Waals surface area (Å²) < 4.78 is 10.4. The van der Waals surface area contributed by atoms with Crippen molar-refractivity contribution >= 4 is 69.1 Å². The van der Waals surface area contributed by atoms with Crippen molar-refractivity contribution in [1.82, 2.24) is 15.4 Å². The SMILES string of the molecule is C[C@H]1[C@H](NC(=O)C(=NOC(C)(C)C(=O)OCc2ccc([N+](=O)[O-])cc2)c2csc(NC(=O)CCl)n2)C(=O)N1OCC(=O)OC(C)(C)C. The van der Waals surface area contributed by atoms with Gasteiger partial charge in [0, 0.05) is 17.5 Å². The lowest BCUT2D eigenvalue weighted by atomic mass is 10.00. The number of anilines is 1. The van der Waals surface area contributed by atoms with Crippen molar-refractivity contribution < 1.29 is 48.0 Å². The summed E-state index contributed by atoms with van der Waals surface area (Å²) in [5.74, 6) is -4.04. The number of esters is 2. The molecule has 0 spiro atoms. The highest BCUT2D eigenvalue weighted by atomic mass is 35.5. The molecule has 1 aromatic heterocycles. The molecular formula is C28H33ClN6O11S. The Morgan fingerprint density at radius 2 is 1.81 bits per heavy atom. The third kappa shape index (κ3) is 10.2. The van der Waals surface area contributed by atoms with Gasteiger partial charge < -0.3 is 24.9 Å². The van der Waals surface area contributed by atoms with Crippen molar-refractivity contribution in [2.75, 3.05) is 17.8 Å². The first kappa shape index (κ1) is 36.8. The first-order chi connectivity index (χ1) is 21.9. The minimum atomic E-state index is -1.75. The van der Waals surface area contributed by atoms with Crippen LogP contribution in [-0.4, -0.2) is 86.1 Å². The van der Waals surface area contributed by atoms with Crippen LogP contribution in [0.3, 0.4) is 0 Å².